The van der Waals surface area contributed by atoms with Crippen LogP contribution in [0.15, 0.2) is 48.5 Å². The number of rotatable bonds is 6. The Morgan fingerprint density at radius 2 is 1.62 bits per heavy atom. The number of piperidine rings is 1. The topological polar surface area (TPSA) is 72.9 Å². The van der Waals surface area contributed by atoms with Crippen molar-refractivity contribution >= 4 is 17.7 Å². The summed E-state index contributed by atoms with van der Waals surface area (Å²) in [6.45, 7) is 0.893. The minimum Gasteiger partial charge on any atom is -0.465 e. The zero-order valence-corrected chi connectivity index (χ0v) is 16.1. The van der Waals surface area contributed by atoms with Crippen molar-refractivity contribution in [1.82, 2.24) is 5.06 Å². The minimum atomic E-state index is -0.563. The molecule has 0 amide bonds. The Balaban J connectivity index is 1.50. The van der Waals surface area contributed by atoms with Crippen molar-refractivity contribution < 1.29 is 28.3 Å². The number of hydrogen-bond acceptors (Lipinski definition) is 6. The minimum absolute atomic E-state index is 0.105. The Kier molecular flexibility index (Phi) is 6.72. The second kappa shape index (κ2) is 9.43. The van der Waals surface area contributed by atoms with Crippen LogP contribution in [0, 0.1) is 11.7 Å². The predicted molar refractivity (Wildman–Crippen MR) is 103 cm³/mol. The number of carbonyl (C=O) groups is 3. The van der Waals surface area contributed by atoms with Gasteiger partial charge in [-0.3, -0.25) is 4.79 Å². The lowest BCUT2D eigenvalue weighted by Gasteiger charge is -2.29. The second-order valence-corrected chi connectivity index (χ2v) is 6.92. The molecule has 2 aromatic carbocycles. The molecule has 1 heterocycles. The number of esters is 1. The van der Waals surface area contributed by atoms with Gasteiger partial charge >= 0.3 is 11.9 Å². The van der Waals surface area contributed by atoms with Crippen LogP contribution in [0.3, 0.4) is 0 Å². The van der Waals surface area contributed by atoms with Gasteiger partial charge in [-0.15, -0.1) is 5.06 Å². The summed E-state index contributed by atoms with van der Waals surface area (Å²) in [5.41, 5.74) is 1.31. The standard InChI is InChI=1S/C22H22FNO5/c1-28-21(26)17-3-2-4-18(14-17)22(27)29-24-11-9-16(10-12-24)20(25)13-15-5-7-19(23)8-6-15/h2-8,14,16H,9-13H2,1H3. The number of halogens is 1. The van der Waals surface area contributed by atoms with Crippen LogP contribution in [0.1, 0.15) is 39.1 Å². The molecule has 1 saturated heterocycles. The SMILES string of the molecule is COC(=O)c1cccc(C(=O)ON2CCC(C(=O)Cc3ccc(F)cc3)CC2)c1. The van der Waals surface area contributed by atoms with Gasteiger partial charge in [0.25, 0.3) is 0 Å². The number of ketones is 1. The summed E-state index contributed by atoms with van der Waals surface area (Å²) < 4.78 is 17.6. The third-order valence-electron chi connectivity index (χ3n) is 4.93. The van der Waals surface area contributed by atoms with Crippen molar-refractivity contribution in [3.8, 4) is 0 Å². The third kappa shape index (κ3) is 5.48. The quantitative estimate of drug-likeness (QED) is 0.695. The first-order valence-electron chi connectivity index (χ1n) is 9.39. The van der Waals surface area contributed by atoms with Crippen LogP contribution in [0.25, 0.3) is 0 Å². The summed E-state index contributed by atoms with van der Waals surface area (Å²) in [7, 11) is 1.27. The maximum absolute atomic E-state index is 13.0. The lowest BCUT2D eigenvalue weighted by atomic mass is 9.90. The molecular weight excluding hydrogens is 377 g/mol. The average Bonchev–Trinajstić information content (AvgIpc) is 2.75. The largest absolute Gasteiger partial charge is 0.465 e. The molecule has 0 aliphatic carbocycles. The first-order chi connectivity index (χ1) is 14.0. The first-order valence-corrected chi connectivity index (χ1v) is 9.39. The van der Waals surface area contributed by atoms with E-state index >= 15 is 0 Å². The van der Waals surface area contributed by atoms with E-state index in [-0.39, 0.29) is 35.1 Å². The summed E-state index contributed by atoms with van der Waals surface area (Å²) in [6.07, 6.45) is 1.43. The lowest BCUT2D eigenvalue weighted by Crippen LogP contribution is -2.38. The van der Waals surface area contributed by atoms with E-state index in [1.807, 2.05) is 0 Å². The monoisotopic (exact) mass is 399 g/mol. The Morgan fingerprint density at radius 3 is 2.24 bits per heavy atom. The molecule has 2 aromatic rings. The summed E-state index contributed by atoms with van der Waals surface area (Å²) in [5, 5.41) is 1.54. The number of ether oxygens (including phenoxy) is 1. The fraction of sp³-hybridized carbons (Fsp3) is 0.318. The van der Waals surface area contributed by atoms with Crippen LogP contribution in [0.2, 0.25) is 0 Å². The van der Waals surface area contributed by atoms with Crippen molar-refractivity contribution in [3.63, 3.8) is 0 Å². The van der Waals surface area contributed by atoms with Gasteiger partial charge in [0.2, 0.25) is 0 Å². The summed E-state index contributed by atoms with van der Waals surface area (Å²) in [5.74, 6) is -1.42. The molecule has 152 valence electrons. The van der Waals surface area contributed by atoms with Crippen molar-refractivity contribution in [2.75, 3.05) is 20.2 Å². The van der Waals surface area contributed by atoms with Crippen molar-refractivity contribution in [1.29, 1.82) is 0 Å². The van der Waals surface area contributed by atoms with Gasteiger partial charge in [-0.25, -0.2) is 14.0 Å². The molecular formula is C22H22FNO5. The highest BCUT2D eigenvalue weighted by Crippen LogP contribution is 2.21. The lowest BCUT2D eigenvalue weighted by molar-refractivity contribution is -0.138. The molecule has 0 atom stereocenters. The summed E-state index contributed by atoms with van der Waals surface area (Å²) in [4.78, 5) is 41.8. The molecule has 3 rings (SSSR count). The molecule has 1 aliphatic rings. The number of nitrogens with zero attached hydrogens (tertiary/aromatic N) is 1. The number of Topliss-reactive ketones (excluding diaryl/α,β-unsaturated/α-hetero) is 1. The highest BCUT2D eigenvalue weighted by atomic mass is 19.1. The molecule has 0 spiro atoms. The van der Waals surface area contributed by atoms with Gasteiger partial charge in [0.05, 0.1) is 18.2 Å². The molecule has 0 bridgehead atoms. The Morgan fingerprint density at radius 1 is 1.00 bits per heavy atom. The van der Waals surface area contributed by atoms with E-state index in [1.165, 1.54) is 30.4 Å². The van der Waals surface area contributed by atoms with Crippen LogP contribution < -0.4 is 0 Å². The van der Waals surface area contributed by atoms with E-state index in [9.17, 15) is 18.8 Å². The van der Waals surface area contributed by atoms with Gasteiger partial charge < -0.3 is 9.57 Å². The average molecular weight is 399 g/mol. The van der Waals surface area contributed by atoms with E-state index < -0.39 is 11.9 Å². The van der Waals surface area contributed by atoms with E-state index in [0.29, 0.717) is 25.9 Å². The summed E-state index contributed by atoms with van der Waals surface area (Å²) >= 11 is 0. The van der Waals surface area contributed by atoms with Crippen molar-refractivity contribution in [2.45, 2.75) is 19.3 Å². The van der Waals surface area contributed by atoms with Gasteiger partial charge in [0.15, 0.2) is 0 Å². The molecule has 29 heavy (non-hydrogen) atoms. The smallest absolute Gasteiger partial charge is 0.357 e. The van der Waals surface area contributed by atoms with Crippen molar-refractivity contribution in [2.24, 2.45) is 5.92 Å². The number of hydrogen-bond donors (Lipinski definition) is 0. The van der Waals surface area contributed by atoms with E-state index in [4.69, 9.17) is 4.84 Å². The maximum Gasteiger partial charge on any atom is 0.357 e. The number of carbonyl (C=O) groups excluding carboxylic acids is 3. The molecule has 0 aromatic heterocycles. The van der Waals surface area contributed by atoms with Gasteiger partial charge in [0, 0.05) is 25.4 Å². The molecule has 7 heteroatoms. The molecule has 0 radical (unpaired) electrons. The Labute approximate surface area is 168 Å². The molecule has 1 fully saturated rings. The van der Waals surface area contributed by atoms with Crippen molar-refractivity contribution in [3.05, 3.63) is 71.0 Å². The van der Waals surface area contributed by atoms with Crippen LogP contribution >= 0.6 is 0 Å². The predicted octanol–water partition coefficient (Wildman–Crippen LogP) is 3.21. The van der Waals surface area contributed by atoms with E-state index in [1.54, 1.807) is 30.3 Å². The van der Waals surface area contributed by atoms with Gasteiger partial charge in [-0.1, -0.05) is 18.2 Å². The molecule has 0 unspecified atom stereocenters. The number of benzene rings is 2. The highest BCUT2D eigenvalue weighted by molar-refractivity contribution is 5.95. The van der Waals surface area contributed by atoms with E-state index in [2.05, 4.69) is 4.74 Å². The van der Waals surface area contributed by atoms with Crippen LogP contribution in [-0.2, 0) is 20.8 Å². The fourth-order valence-corrected chi connectivity index (χ4v) is 3.28. The Bertz CT molecular complexity index is 888. The molecule has 0 saturated carbocycles. The normalized spacial score (nSPS) is 15.0. The van der Waals surface area contributed by atoms with Gasteiger partial charge in [0.1, 0.15) is 11.6 Å². The van der Waals surface area contributed by atoms with Crippen LogP contribution in [0.5, 0.6) is 0 Å². The number of hydroxylamine groups is 2. The number of methoxy groups -OCH3 is 1. The first kappa shape index (κ1) is 20.7. The molecule has 6 nitrogen and oxygen atoms in total. The third-order valence-corrected chi connectivity index (χ3v) is 4.93. The van der Waals surface area contributed by atoms with Crippen LogP contribution in [0.4, 0.5) is 4.39 Å². The maximum atomic E-state index is 13.0. The highest BCUT2D eigenvalue weighted by Gasteiger charge is 2.27. The van der Waals surface area contributed by atoms with Gasteiger partial charge in [-0.05, 0) is 48.7 Å². The molecule has 0 N–H and O–H groups in total. The zero-order valence-electron chi connectivity index (χ0n) is 16.1. The van der Waals surface area contributed by atoms with Gasteiger partial charge in [-0.2, -0.15) is 0 Å². The molecule has 1 aliphatic heterocycles. The summed E-state index contributed by atoms with van der Waals surface area (Å²) in [6, 6.07) is 12.1. The Hall–Kier alpha value is -3.06. The zero-order chi connectivity index (χ0) is 20.8. The fourth-order valence-electron chi connectivity index (χ4n) is 3.28. The van der Waals surface area contributed by atoms with E-state index in [0.717, 1.165) is 5.56 Å². The van der Waals surface area contributed by atoms with Crippen LogP contribution in [-0.4, -0.2) is 43.0 Å². The second-order valence-electron chi connectivity index (χ2n) is 6.92.